The number of hydrogen-bond acceptors (Lipinski definition) is 3. The van der Waals surface area contributed by atoms with Crippen LogP contribution < -0.4 is 5.32 Å². The summed E-state index contributed by atoms with van der Waals surface area (Å²) in [7, 11) is 0. The van der Waals surface area contributed by atoms with E-state index in [4.69, 9.17) is 5.11 Å². The summed E-state index contributed by atoms with van der Waals surface area (Å²) in [6.07, 6.45) is 4.25. The normalized spacial score (nSPS) is 24.2. The Hall–Kier alpha value is -1.10. The summed E-state index contributed by atoms with van der Waals surface area (Å²) in [5.41, 5.74) is -0.534. The lowest BCUT2D eigenvalue weighted by atomic mass is 9.89. The number of amides is 1. The van der Waals surface area contributed by atoms with Crippen LogP contribution >= 0.6 is 0 Å². The van der Waals surface area contributed by atoms with Crippen LogP contribution in [0.1, 0.15) is 52.9 Å². The van der Waals surface area contributed by atoms with Crippen LogP contribution in [-0.2, 0) is 9.59 Å². The summed E-state index contributed by atoms with van der Waals surface area (Å²) in [6, 6.07) is -0.0419. The summed E-state index contributed by atoms with van der Waals surface area (Å²) >= 11 is 0. The van der Waals surface area contributed by atoms with Crippen molar-refractivity contribution in [1.82, 2.24) is 10.2 Å². The summed E-state index contributed by atoms with van der Waals surface area (Å²) < 4.78 is 0. The standard InChI is InChI=1S/C14H26N2O3/c1-4-7-14(8-6-9-15-14)13(19)16(10-12(17)18)11(3)5-2/h11,15H,4-10H2,1-3H3,(H,17,18). The SMILES string of the molecule is CCCC1(C(=O)N(CC(=O)O)C(C)CC)CCCN1. The lowest BCUT2D eigenvalue weighted by Gasteiger charge is -2.36. The van der Waals surface area contributed by atoms with E-state index in [0.29, 0.717) is 0 Å². The largest absolute Gasteiger partial charge is 0.480 e. The van der Waals surface area contributed by atoms with Gasteiger partial charge in [0.1, 0.15) is 6.54 Å². The molecule has 0 aliphatic carbocycles. The first-order valence-electron chi connectivity index (χ1n) is 7.24. The Kier molecular flexibility index (Phi) is 5.79. The highest BCUT2D eigenvalue weighted by Gasteiger charge is 2.43. The molecule has 1 heterocycles. The zero-order valence-corrected chi connectivity index (χ0v) is 12.2. The van der Waals surface area contributed by atoms with Gasteiger partial charge < -0.3 is 15.3 Å². The first kappa shape index (κ1) is 16.0. The van der Waals surface area contributed by atoms with Gasteiger partial charge in [-0.2, -0.15) is 0 Å². The van der Waals surface area contributed by atoms with Crippen molar-refractivity contribution < 1.29 is 14.7 Å². The van der Waals surface area contributed by atoms with Crippen molar-refractivity contribution in [2.45, 2.75) is 64.5 Å². The second-order valence-corrected chi connectivity index (χ2v) is 5.45. The Labute approximate surface area is 115 Å². The molecular formula is C14H26N2O3. The molecule has 0 bridgehead atoms. The van der Waals surface area contributed by atoms with Gasteiger partial charge in [-0.1, -0.05) is 20.3 Å². The fourth-order valence-electron chi connectivity index (χ4n) is 2.80. The van der Waals surface area contributed by atoms with Crippen LogP contribution in [0.3, 0.4) is 0 Å². The number of carboxylic acids is 1. The number of carbonyl (C=O) groups is 2. The summed E-state index contributed by atoms with van der Waals surface area (Å²) in [5.74, 6) is -0.984. The molecule has 1 saturated heterocycles. The van der Waals surface area contributed by atoms with E-state index in [1.165, 1.54) is 4.90 Å². The fraction of sp³-hybridized carbons (Fsp3) is 0.857. The van der Waals surface area contributed by atoms with Crippen molar-refractivity contribution in [1.29, 1.82) is 0 Å². The highest BCUT2D eigenvalue weighted by molar-refractivity contribution is 5.89. The number of rotatable bonds is 7. The second-order valence-electron chi connectivity index (χ2n) is 5.45. The van der Waals surface area contributed by atoms with Crippen molar-refractivity contribution >= 4 is 11.9 Å². The van der Waals surface area contributed by atoms with Crippen LogP contribution in [-0.4, -0.2) is 46.6 Å². The lowest BCUT2D eigenvalue weighted by Crippen LogP contribution is -2.57. The van der Waals surface area contributed by atoms with Crippen molar-refractivity contribution in [3.8, 4) is 0 Å². The molecule has 19 heavy (non-hydrogen) atoms. The molecule has 1 rings (SSSR count). The summed E-state index contributed by atoms with van der Waals surface area (Å²) in [5, 5.41) is 12.3. The Bertz CT molecular complexity index is 325. The van der Waals surface area contributed by atoms with Crippen LogP contribution in [0, 0.1) is 0 Å². The van der Waals surface area contributed by atoms with Crippen molar-refractivity contribution in [3.05, 3.63) is 0 Å². The smallest absolute Gasteiger partial charge is 0.323 e. The van der Waals surface area contributed by atoms with Gasteiger partial charge in [-0.3, -0.25) is 9.59 Å². The maximum Gasteiger partial charge on any atom is 0.323 e. The molecule has 1 aliphatic rings. The van der Waals surface area contributed by atoms with Gasteiger partial charge in [0.15, 0.2) is 0 Å². The van der Waals surface area contributed by atoms with Crippen molar-refractivity contribution in [2.24, 2.45) is 0 Å². The number of nitrogens with one attached hydrogen (secondary N) is 1. The van der Waals surface area contributed by atoms with Crippen LogP contribution in [0.2, 0.25) is 0 Å². The van der Waals surface area contributed by atoms with E-state index in [-0.39, 0.29) is 18.5 Å². The summed E-state index contributed by atoms with van der Waals surface area (Å²) in [6.45, 7) is 6.57. The Morgan fingerprint density at radius 2 is 2.11 bits per heavy atom. The molecule has 5 nitrogen and oxygen atoms in total. The van der Waals surface area contributed by atoms with E-state index in [1.807, 2.05) is 13.8 Å². The van der Waals surface area contributed by atoms with Gasteiger partial charge in [0.2, 0.25) is 5.91 Å². The third-order valence-electron chi connectivity index (χ3n) is 4.02. The molecule has 0 aromatic heterocycles. The van der Waals surface area contributed by atoms with E-state index in [1.54, 1.807) is 0 Å². The Balaban J connectivity index is 2.92. The number of hydrogen-bond donors (Lipinski definition) is 2. The molecule has 0 saturated carbocycles. The molecule has 5 heteroatoms. The molecule has 1 aliphatic heterocycles. The van der Waals surface area contributed by atoms with E-state index in [9.17, 15) is 9.59 Å². The van der Waals surface area contributed by atoms with Crippen molar-refractivity contribution in [3.63, 3.8) is 0 Å². The van der Waals surface area contributed by atoms with Gasteiger partial charge in [-0.05, 0) is 39.2 Å². The van der Waals surface area contributed by atoms with E-state index >= 15 is 0 Å². The molecule has 110 valence electrons. The third-order valence-corrected chi connectivity index (χ3v) is 4.02. The maximum absolute atomic E-state index is 12.8. The quantitative estimate of drug-likeness (QED) is 0.737. The predicted molar refractivity (Wildman–Crippen MR) is 74.0 cm³/mol. The maximum atomic E-state index is 12.8. The minimum Gasteiger partial charge on any atom is -0.480 e. The van der Waals surface area contributed by atoms with Gasteiger partial charge in [0, 0.05) is 6.04 Å². The monoisotopic (exact) mass is 270 g/mol. The molecule has 1 fully saturated rings. The van der Waals surface area contributed by atoms with Gasteiger partial charge >= 0.3 is 5.97 Å². The molecule has 0 radical (unpaired) electrons. The first-order chi connectivity index (χ1) is 8.96. The minimum atomic E-state index is -0.946. The zero-order chi connectivity index (χ0) is 14.5. The van der Waals surface area contributed by atoms with Crippen LogP contribution in [0.25, 0.3) is 0 Å². The Morgan fingerprint density at radius 1 is 1.42 bits per heavy atom. The zero-order valence-electron chi connectivity index (χ0n) is 12.2. The first-order valence-corrected chi connectivity index (χ1v) is 7.24. The van der Waals surface area contributed by atoms with E-state index in [2.05, 4.69) is 12.2 Å². The third kappa shape index (κ3) is 3.69. The van der Waals surface area contributed by atoms with Crippen LogP contribution in [0.15, 0.2) is 0 Å². The molecular weight excluding hydrogens is 244 g/mol. The molecule has 2 N–H and O–H groups in total. The van der Waals surface area contributed by atoms with E-state index < -0.39 is 11.5 Å². The second kappa shape index (κ2) is 6.89. The lowest BCUT2D eigenvalue weighted by molar-refractivity contribution is -0.149. The molecule has 1 amide bonds. The fourth-order valence-corrected chi connectivity index (χ4v) is 2.80. The minimum absolute atomic E-state index is 0.0383. The molecule has 0 spiro atoms. The summed E-state index contributed by atoms with van der Waals surface area (Å²) in [4.78, 5) is 25.3. The average molecular weight is 270 g/mol. The number of carboxylic acid groups (broad SMARTS) is 1. The molecule has 0 aromatic rings. The molecule has 2 atom stereocenters. The average Bonchev–Trinajstić information content (AvgIpc) is 2.84. The van der Waals surface area contributed by atoms with E-state index in [0.717, 1.165) is 38.6 Å². The molecule has 2 unspecified atom stereocenters. The predicted octanol–water partition coefficient (Wildman–Crippen LogP) is 1.62. The number of carbonyl (C=O) groups excluding carboxylic acids is 1. The number of aliphatic carboxylic acids is 1. The molecule has 0 aromatic carbocycles. The van der Waals surface area contributed by atoms with Crippen LogP contribution in [0.5, 0.6) is 0 Å². The van der Waals surface area contributed by atoms with Gasteiger partial charge in [0.25, 0.3) is 0 Å². The van der Waals surface area contributed by atoms with Gasteiger partial charge in [-0.15, -0.1) is 0 Å². The Morgan fingerprint density at radius 3 is 2.53 bits per heavy atom. The highest BCUT2D eigenvalue weighted by atomic mass is 16.4. The van der Waals surface area contributed by atoms with Gasteiger partial charge in [-0.25, -0.2) is 0 Å². The van der Waals surface area contributed by atoms with Crippen LogP contribution in [0.4, 0.5) is 0 Å². The number of nitrogens with zero attached hydrogens (tertiary/aromatic N) is 1. The van der Waals surface area contributed by atoms with Gasteiger partial charge in [0.05, 0.1) is 5.54 Å². The highest BCUT2D eigenvalue weighted by Crippen LogP contribution is 2.28. The topological polar surface area (TPSA) is 69.6 Å². The van der Waals surface area contributed by atoms with Crippen molar-refractivity contribution in [2.75, 3.05) is 13.1 Å².